The molecule has 4 aromatic rings. The van der Waals surface area contributed by atoms with Crippen LogP contribution in [-0.2, 0) is 6.61 Å². The summed E-state index contributed by atoms with van der Waals surface area (Å²) in [6, 6.07) is 13.2. The first kappa shape index (κ1) is 22.3. The van der Waals surface area contributed by atoms with E-state index < -0.39 is 5.91 Å². The van der Waals surface area contributed by atoms with Crippen LogP contribution in [-0.4, -0.2) is 16.0 Å². The molecule has 0 saturated carbocycles. The highest BCUT2D eigenvalue weighted by atomic mass is 35.5. The number of aryl methyl sites for hydroxylation is 1. The standard InChI is InChI=1S/C23H16Cl3N3O3/c1-12-21-17(13(11-30)10-27-12)9-18(22(31)28-15-4-2-14(24)3-5-15)23(32-21)29-16-6-7-19(25)20(26)8-16/h2-10,30H,11H2,1H3,(H,28,31). The van der Waals surface area contributed by atoms with Crippen LogP contribution in [0, 0.1) is 6.92 Å². The Morgan fingerprint density at radius 3 is 2.53 bits per heavy atom. The van der Waals surface area contributed by atoms with E-state index in [-0.39, 0.29) is 17.7 Å². The van der Waals surface area contributed by atoms with Crippen LogP contribution in [0.1, 0.15) is 21.6 Å². The number of benzene rings is 2. The minimum atomic E-state index is -0.449. The molecule has 2 aromatic heterocycles. The van der Waals surface area contributed by atoms with Crippen molar-refractivity contribution < 1.29 is 14.3 Å². The summed E-state index contributed by atoms with van der Waals surface area (Å²) >= 11 is 18.0. The number of carbonyl (C=O) groups is 1. The Balaban J connectivity index is 1.92. The number of hydrogen-bond donors (Lipinski definition) is 2. The van der Waals surface area contributed by atoms with Crippen molar-refractivity contribution in [3.8, 4) is 0 Å². The monoisotopic (exact) mass is 487 g/mol. The number of aliphatic hydroxyl groups is 1. The molecular weight excluding hydrogens is 473 g/mol. The average molecular weight is 489 g/mol. The summed E-state index contributed by atoms with van der Waals surface area (Å²) in [5.74, 6) is -0.449. The van der Waals surface area contributed by atoms with Crippen molar-refractivity contribution in [2.24, 2.45) is 4.99 Å². The predicted octanol–water partition coefficient (Wildman–Crippen LogP) is 6.07. The van der Waals surface area contributed by atoms with Gasteiger partial charge in [0.1, 0.15) is 5.56 Å². The van der Waals surface area contributed by atoms with Gasteiger partial charge in [-0.1, -0.05) is 34.8 Å². The van der Waals surface area contributed by atoms with E-state index in [1.165, 1.54) is 0 Å². The van der Waals surface area contributed by atoms with Crippen molar-refractivity contribution in [2.75, 3.05) is 5.32 Å². The number of aromatic nitrogens is 1. The van der Waals surface area contributed by atoms with Crippen LogP contribution in [0.2, 0.25) is 15.1 Å². The van der Waals surface area contributed by atoms with Gasteiger partial charge in [-0.2, -0.15) is 0 Å². The number of hydrogen-bond acceptors (Lipinski definition) is 5. The van der Waals surface area contributed by atoms with Crippen molar-refractivity contribution in [3.05, 3.63) is 92.2 Å². The van der Waals surface area contributed by atoms with E-state index in [9.17, 15) is 9.90 Å². The maximum absolute atomic E-state index is 13.2. The van der Waals surface area contributed by atoms with Gasteiger partial charge in [-0.3, -0.25) is 9.78 Å². The molecule has 2 aromatic carbocycles. The molecule has 0 aliphatic carbocycles. The molecule has 0 bridgehead atoms. The summed E-state index contributed by atoms with van der Waals surface area (Å²) in [5, 5.41) is 14.4. The van der Waals surface area contributed by atoms with Crippen LogP contribution in [0.3, 0.4) is 0 Å². The van der Waals surface area contributed by atoms with E-state index in [1.807, 2.05) is 0 Å². The van der Waals surface area contributed by atoms with Crippen LogP contribution in [0.4, 0.5) is 11.4 Å². The molecule has 0 saturated heterocycles. The summed E-state index contributed by atoms with van der Waals surface area (Å²) < 4.78 is 6.02. The lowest BCUT2D eigenvalue weighted by Crippen LogP contribution is -2.22. The van der Waals surface area contributed by atoms with Crippen LogP contribution >= 0.6 is 34.8 Å². The van der Waals surface area contributed by atoms with Crippen LogP contribution in [0.5, 0.6) is 0 Å². The summed E-state index contributed by atoms with van der Waals surface area (Å²) in [6.45, 7) is 1.50. The number of pyridine rings is 1. The summed E-state index contributed by atoms with van der Waals surface area (Å²) in [5.41, 5.74) is 2.75. The quantitative estimate of drug-likeness (QED) is 0.365. The Morgan fingerprint density at radius 1 is 1.09 bits per heavy atom. The first-order valence-electron chi connectivity index (χ1n) is 9.45. The number of nitrogens with one attached hydrogen (secondary N) is 1. The third-order valence-corrected chi connectivity index (χ3v) is 5.69. The lowest BCUT2D eigenvalue weighted by Gasteiger charge is -2.10. The van der Waals surface area contributed by atoms with Gasteiger partial charge in [0.05, 0.1) is 28.0 Å². The van der Waals surface area contributed by atoms with Gasteiger partial charge in [0.15, 0.2) is 5.58 Å². The van der Waals surface area contributed by atoms with E-state index >= 15 is 0 Å². The second-order valence-electron chi connectivity index (χ2n) is 6.91. The number of nitrogens with zero attached hydrogens (tertiary/aromatic N) is 2. The molecule has 0 unspecified atom stereocenters. The van der Waals surface area contributed by atoms with Gasteiger partial charge in [0.2, 0.25) is 5.55 Å². The molecule has 9 heteroatoms. The van der Waals surface area contributed by atoms with Gasteiger partial charge >= 0.3 is 0 Å². The van der Waals surface area contributed by atoms with E-state index in [0.717, 1.165) is 0 Å². The van der Waals surface area contributed by atoms with Crippen molar-refractivity contribution in [2.45, 2.75) is 13.5 Å². The van der Waals surface area contributed by atoms with Crippen molar-refractivity contribution >= 4 is 63.1 Å². The van der Waals surface area contributed by atoms with E-state index in [0.29, 0.717) is 48.7 Å². The van der Waals surface area contributed by atoms with Crippen molar-refractivity contribution in [3.63, 3.8) is 0 Å². The van der Waals surface area contributed by atoms with Crippen LogP contribution in [0.25, 0.3) is 11.0 Å². The Hall–Kier alpha value is -2.90. The lowest BCUT2D eigenvalue weighted by atomic mass is 10.1. The molecule has 162 valence electrons. The van der Waals surface area contributed by atoms with Gasteiger partial charge < -0.3 is 14.8 Å². The van der Waals surface area contributed by atoms with Crippen LogP contribution in [0.15, 0.2) is 64.1 Å². The summed E-state index contributed by atoms with van der Waals surface area (Å²) in [4.78, 5) is 21.9. The second-order valence-corrected chi connectivity index (χ2v) is 8.16. The van der Waals surface area contributed by atoms with Gasteiger partial charge in [-0.05, 0) is 55.5 Å². The normalized spacial score (nSPS) is 11.7. The zero-order valence-electron chi connectivity index (χ0n) is 16.7. The molecule has 0 radical (unpaired) electrons. The largest absolute Gasteiger partial charge is 0.436 e. The number of carbonyl (C=O) groups excluding carboxylic acids is 1. The molecule has 0 fully saturated rings. The molecule has 0 aliphatic rings. The fourth-order valence-corrected chi connectivity index (χ4v) is 3.48. The molecular formula is C23H16Cl3N3O3. The van der Waals surface area contributed by atoms with E-state index in [1.54, 1.807) is 61.7 Å². The highest BCUT2D eigenvalue weighted by molar-refractivity contribution is 6.42. The second kappa shape index (κ2) is 9.30. The highest BCUT2D eigenvalue weighted by Gasteiger charge is 2.17. The first-order chi connectivity index (χ1) is 15.4. The maximum Gasteiger partial charge on any atom is 0.261 e. The maximum atomic E-state index is 13.2. The minimum absolute atomic E-state index is 0.0577. The van der Waals surface area contributed by atoms with Gasteiger partial charge in [0.25, 0.3) is 5.91 Å². The van der Waals surface area contributed by atoms with Crippen molar-refractivity contribution in [1.82, 2.24) is 4.98 Å². The zero-order valence-corrected chi connectivity index (χ0v) is 19.0. The number of halogens is 3. The molecule has 1 amide bonds. The summed E-state index contributed by atoms with van der Waals surface area (Å²) in [7, 11) is 0. The number of amides is 1. The molecule has 4 rings (SSSR count). The first-order valence-corrected chi connectivity index (χ1v) is 10.6. The number of rotatable bonds is 4. The predicted molar refractivity (Wildman–Crippen MR) is 126 cm³/mol. The SMILES string of the molecule is Cc1ncc(CO)c2cc(C(=O)Nc3ccc(Cl)cc3)c(=Nc3ccc(Cl)c(Cl)c3)oc12. The lowest BCUT2D eigenvalue weighted by molar-refractivity contribution is 0.102. The van der Waals surface area contributed by atoms with Gasteiger partial charge in [-0.25, -0.2) is 4.99 Å². The number of anilines is 1. The topological polar surface area (TPSA) is 87.7 Å². The Bertz CT molecular complexity index is 1400. The van der Waals surface area contributed by atoms with Gasteiger partial charge in [-0.15, -0.1) is 0 Å². The molecule has 2 heterocycles. The van der Waals surface area contributed by atoms with Crippen molar-refractivity contribution in [1.29, 1.82) is 0 Å². The third kappa shape index (κ3) is 4.64. The Morgan fingerprint density at radius 2 is 1.84 bits per heavy atom. The van der Waals surface area contributed by atoms with Crippen LogP contribution < -0.4 is 10.9 Å². The number of aliphatic hydroxyl groups excluding tert-OH is 1. The fourth-order valence-electron chi connectivity index (χ4n) is 3.06. The smallest absolute Gasteiger partial charge is 0.261 e. The molecule has 2 N–H and O–H groups in total. The van der Waals surface area contributed by atoms with E-state index in [2.05, 4.69) is 15.3 Å². The third-order valence-electron chi connectivity index (χ3n) is 4.70. The zero-order chi connectivity index (χ0) is 22.8. The molecule has 32 heavy (non-hydrogen) atoms. The molecule has 6 nitrogen and oxygen atoms in total. The average Bonchev–Trinajstić information content (AvgIpc) is 2.78. The molecule has 0 atom stereocenters. The van der Waals surface area contributed by atoms with Gasteiger partial charge in [0, 0.05) is 27.9 Å². The Labute approximate surface area is 198 Å². The number of fused-ring (bicyclic) bond motifs is 1. The minimum Gasteiger partial charge on any atom is -0.436 e. The molecule has 0 spiro atoms. The summed E-state index contributed by atoms with van der Waals surface area (Å²) in [6.07, 6.45) is 1.55. The Kier molecular flexibility index (Phi) is 6.48. The highest BCUT2D eigenvalue weighted by Crippen LogP contribution is 2.27. The fraction of sp³-hybridized carbons (Fsp3) is 0.0870. The van der Waals surface area contributed by atoms with E-state index in [4.69, 9.17) is 39.2 Å². The molecule has 0 aliphatic heterocycles.